The minimum absolute atomic E-state index is 0.276. The van der Waals surface area contributed by atoms with Crippen molar-refractivity contribution in [2.45, 2.75) is 19.4 Å². The van der Waals surface area contributed by atoms with E-state index in [2.05, 4.69) is 26.2 Å². The Morgan fingerprint density at radius 2 is 1.89 bits per heavy atom. The summed E-state index contributed by atoms with van der Waals surface area (Å²) in [6.45, 7) is 1.47. The second-order valence-electron chi connectivity index (χ2n) is 6.19. The van der Waals surface area contributed by atoms with E-state index in [-0.39, 0.29) is 6.61 Å². The van der Waals surface area contributed by atoms with Gasteiger partial charge in [-0.15, -0.1) is 5.10 Å². The number of aryl methyl sites for hydroxylation is 1. The molecule has 0 saturated heterocycles. The third-order valence-corrected chi connectivity index (χ3v) is 4.06. The third-order valence-electron chi connectivity index (χ3n) is 4.06. The Bertz CT molecular complexity index is 957. The Hall–Kier alpha value is -3.59. The van der Waals surface area contributed by atoms with Crippen LogP contribution < -0.4 is 10.6 Å². The Morgan fingerprint density at radius 1 is 1.11 bits per heavy atom. The van der Waals surface area contributed by atoms with Crippen LogP contribution in [-0.2, 0) is 16.0 Å². The fraction of sp³-hybridized carbons (Fsp3) is 0.211. The van der Waals surface area contributed by atoms with Crippen LogP contribution >= 0.6 is 0 Å². The number of nitrogens with one attached hydrogen (secondary N) is 2. The van der Waals surface area contributed by atoms with Gasteiger partial charge < -0.3 is 15.7 Å². The van der Waals surface area contributed by atoms with Gasteiger partial charge in [0.15, 0.2) is 5.82 Å². The highest BCUT2D eigenvalue weighted by Gasteiger charge is 2.19. The molecule has 3 rings (SSSR count). The van der Waals surface area contributed by atoms with E-state index < -0.39 is 17.9 Å². The summed E-state index contributed by atoms with van der Waals surface area (Å²) < 4.78 is 1.51. The van der Waals surface area contributed by atoms with Crippen molar-refractivity contribution < 1.29 is 14.7 Å². The summed E-state index contributed by atoms with van der Waals surface area (Å²) in [6, 6.07) is 15.7. The molecule has 1 atom stereocenters. The first-order chi connectivity index (χ1) is 13.6. The fourth-order valence-electron chi connectivity index (χ4n) is 2.68. The van der Waals surface area contributed by atoms with Gasteiger partial charge >= 0.3 is 11.8 Å². The van der Waals surface area contributed by atoms with E-state index in [9.17, 15) is 14.7 Å². The van der Waals surface area contributed by atoms with E-state index >= 15 is 0 Å². The number of aliphatic hydroxyl groups is 1. The van der Waals surface area contributed by atoms with Gasteiger partial charge in [0.2, 0.25) is 0 Å². The van der Waals surface area contributed by atoms with Crippen molar-refractivity contribution in [3.05, 3.63) is 66.0 Å². The molecule has 0 fully saturated rings. The quantitative estimate of drug-likeness (QED) is 0.539. The van der Waals surface area contributed by atoms with Gasteiger partial charge in [-0.05, 0) is 47.5 Å². The summed E-state index contributed by atoms with van der Waals surface area (Å²) >= 11 is 0. The minimum Gasteiger partial charge on any atom is -0.394 e. The van der Waals surface area contributed by atoms with E-state index in [4.69, 9.17) is 0 Å². The number of hydrogen-bond donors (Lipinski definition) is 3. The second-order valence-corrected chi connectivity index (χ2v) is 6.19. The highest BCUT2D eigenvalue weighted by atomic mass is 16.3. The number of tetrazole rings is 1. The van der Waals surface area contributed by atoms with Crippen LogP contribution in [0.2, 0.25) is 0 Å². The number of aromatic nitrogens is 4. The number of aliphatic hydroxyl groups excluding tert-OH is 1. The maximum atomic E-state index is 12.2. The Balaban J connectivity index is 1.62. The Morgan fingerprint density at radius 3 is 2.57 bits per heavy atom. The monoisotopic (exact) mass is 380 g/mol. The molecule has 0 aliphatic carbocycles. The highest BCUT2D eigenvalue weighted by Crippen LogP contribution is 2.14. The van der Waals surface area contributed by atoms with E-state index in [1.165, 1.54) is 4.68 Å². The lowest BCUT2D eigenvalue weighted by atomic mass is 10.1. The molecule has 144 valence electrons. The van der Waals surface area contributed by atoms with E-state index in [0.29, 0.717) is 23.6 Å². The van der Waals surface area contributed by atoms with Gasteiger partial charge in [0.25, 0.3) is 0 Å². The van der Waals surface area contributed by atoms with Crippen LogP contribution in [0.15, 0.2) is 54.6 Å². The molecule has 2 aromatic carbocycles. The van der Waals surface area contributed by atoms with Gasteiger partial charge in [-0.1, -0.05) is 36.4 Å². The van der Waals surface area contributed by atoms with Crippen LogP contribution in [0.4, 0.5) is 5.69 Å². The molecule has 1 heterocycles. The zero-order valence-electron chi connectivity index (χ0n) is 15.2. The maximum Gasteiger partial charge on any atom is 0.313 e. The summed E-state index contributed by atoms with van der Waals surface area (Å²) in [4.78, 5) is 24.4. The first-order valence-electron chi connectivity index (χ1n) is 8.69. The summed E-state index contributed by atoms with van der Waals surface area (Å²) in [5.74, 6) is -1.05. The zero-order chi connectivity index (χ0) is 19.9. The number of hydrogen-bond acceptors (Lipinski definition) is 6. The first-order valence-corrected chi connectivity index (χ1v) is 8.69. The Kier molecular flexibility index (Phi) is 6.07. The lowest BCUT2D eigenvalue weighted by Crippen LogP contribution is -2.44. The number of anilines is 1. The van der Waals surface area contributed by atoms with E-state index in [1.54, 1.807) is 31.2 Å². The topological polar surface area (TPSA) is 122 Å². The first kappa shape index (κ1) is 19.2. The standard InChI is InChI=1S/C19H20N6O3/c1-13-22-23-24-25(13)17-9-5-8-15(11-17)20-18(27)19(28)21-16(12-26)10-14-6-3-2-4-7-14/h2-9,11,16,26H,10,12H2,1H3,(H,20,27)(H,21,28)/t16-/m1/s1. The van der Waals surface area contributed by atoms with E-state index in [1.807, 2.05) is 30.3 Å². The van der Waals surface area contributed by atoms with Crippen molar-refractivity contribution in [2.24, 2.45) is 0 Å². The third kappa shape index (κ3) is 4.77. The number of amides is 2. The Labute approximate surface area is 161 Å². The van der Waals surface area contributed by atoms with Crippen molar-refractivity contribution in [3.8, 4) is 5.69 Å². The predicted molar refractivity (Wildman–Crippen MR) is 102 cm³/mol. The normalized spacial score (nSPS) is 11.6. The molecule has 0 bridgehead atoms. The van der Waals surface area contributed by atoms with Crippen molar-refractivity contribution in [2.75, 3.05) is 11.9 Å². The summed E-state index contributed by atoms with van der Waals surface area (Å²) in [5.41, 5.74) is 2.03. The average molecular weight is 380 g/mol. The SMILES string of the molecule is Cc1nnnn1-c1cccc(NC(=O)C(=O)N[C@@H](CO)Cc2ccccc2)c1. The summed E-state index contributed by atoms with van der Waals surface area (Å²) in [6.07, 6.45) is 0.421. The smallest absolute Gasteiger partial charge is 0.313 e. The van der Waals surface area contributed by atoms with Gasteiger partial charge in [-0.2, -0.15) is 4.68 Å². The number of rotatable bonds is 6. The van der Waals surface area contributed by atoms with Crippen molar-refractivity contribution in [1.29, 1.82) is 0 Å². The number of benzene rings is 2. The van der Waals surface area contributed by atoms with Crippen molar-refractivity contribution in [1.82, 2.24) is 25.5 Å². The largest absolute Gasteiger partial charge is 0.394 e. The van der Waals surface area contributed by atoms with Crippen molar-refractivity contribution in [3.63, 3.8) is 0 Å². The molecule has 9 heteroatoms. The van der Waals surface area contributed by atoms with Crippen LogP contribution in [0, 0.1) is 6.92 Å². The molecule has 3 aromatic rings. The maximum absolute atomic E-state index is 12.2. The van der Waals surface area contributed by atoms with Crippen LogP contribution in [0.5, 0.6) is 0 Å². The number of carbonyl (C=O) groups excluding carboxylic acids is 2. The van der Waals surface area contributed by atoms with Crippen LogP contribution in [0.1, 0.15) is 11.4 Å². The second kappa shape index (κ2) is 8.87. The van der Waals surface area contributed by atoms with E-state index in [0.717, 1.165) is 5.56 Å². The van der Waals surface area contributed by atoms with Gasteiger partial charge in [0, 0.05) is 5.69 Å². The molecule has 0 aliphatic heterocycles. The summed E-state index contributed by atoms with van der Waals surface area (Å²) in [5, 5.41) is 25.9. The molecule has 1 aromatic heterocycles. The molecule has 2 amide bonds. The molecule has 0 aliphatic rings. The zero-order valence-corrected chi connectivity index (χ0v) is 15.2. The van der Waals surface area contributed by atoms with Crippen LogP contribution in [0.25, 0.3) is 5.69 Å². The average Bonchev–Trinajstić information content (AvgIpc) is 3.14. The molecule has 0 radical (unpaired) electrons. The molecular weight excluding hydrogens is 360 g/mol. The van der Waals surface area contributed by atoms with Crippen molar-refractivity contribution >= 4 is 17.5 Å². The predicted octanol–water partition coefficient (Wildman–Crippen LogP) is 0.629. The minimum atomic E-state index is -0.822. The molecule has 9 nitrogen and oxygen atoms in total. The van der Waals surface area contributed by atoms with Gasteiger partial charge in [0.05, 0.1) is 18.3 Å². The van der Waals surface area contributed by atoms with Crippen LogP contribution in [-0.4, -0.2) is 49.8 Å². The van der Waals surface area contributed by atoms with Crippen LogP contribution in [0.3, 0.4) is 0 Å². The lowest BCUT2D eigenvalue weighted by molar-refractivity contribution is -0.136. The number of nitrogens with zero attached hydrogens (tertiary/aromatic N) is 4. The fourth-order valence-corrected chi connectivity index (χ4v) is 2.68. The summed E-state index contributed by atoms with van der Waals surface area (Å²) in [7, 11) is 0. The number of carbonyl (C=O) groups is 2. The molecule has 0 saturated carbocycles. The molecule has 3 N–H and O–H groups in total. The van der Waals surface area contributed by atoms with Gasteiger partial charge in [-0.3, -0.25) is 9.59 Å². The van der Waals surface area contributed by atoms with Gasteiger partial charge in [0.1, 0.15) is 0 Å². The molecule has 28 heavy (non-hydrogen) atoms. The molecular formula is C19H20N6O3. The highest BCUT2D eigenvalue weighted by molar-refractivity contribution is 6.39. The van der Waals surface area contributed by atoms with Gasteiger partial charge in [-0.25, -0.2) is 0 Å². The lowest BCUT2D eigenvalue weighted by Gasteiger charge is -2.16. The molecule has 0 spiro atoms. The molecule has 0 unspecified atom stereocenters.